The van der Waals surface area contributed by atoms with Crippen molar-refractivity contribution in [1.29, 1.82) is 0 Å². The van der Waals surface area contributed by atoms with Crippen LogP contribution in [0.2, 0.25) is 0 Å². The summed E-state index contributed by atoms with van der Waals surface area (Å²) in [5.74, 6) is 0.651. The molecule has 0 aliphatic heterocycles. The smallest absolute Gasteiger partial charge is 0.251 e. The number of aryl methyl sites for hydroxylation is 1. The molecule has 1 fully saturated rings. The highest BCUT2D eigenvalue weighted by Gasteiger charge is 2.23. The van der Waals surface area contributed by atoms with E-state index < -0.39 is 0 Å². The first kappa shape index (κ1) is 14.1. The highest BCUT2D eigenvalue weighted by molar-refractivity contribution is 9.10. The van der Waals surface area contributed by atoms with E-state index >= 15 is 0 Å². The van der Waals surface area contributed by atoms with Gasteiger partial charge in [0.05, 0.1) is 0 Å². The van der Waals surface area contributed by atoms with Gasteiger partial charge in [-0.15, -0.1) is 0 Å². The second-order valence-electron chi connectivity index (χ2n) is 4.95. The summed E-state index contributed by atoms with van der Waals surface area (Å²) in [7, 11) is 0. The molecule has 2 unspecified atom stereocenters. The summed E-state index contributed by atoms with van der Waals surface area (Å²) >= 11 is 7.04. The quantitative estimate of drug-likeness (QED) is 0.794. The Hall–Kier alpha value is -0.350. The maximum absolute atomic E-state index is 12.1. The van der Waals surface area contributed by atoms with Crippen molar-refractivity contribution in [2.45, 2.75) is 31.0 Å². The number of hydrogen-bond acceptors (Lipinski definition) is 1. The Bertz CT molecular complexity index is 447. The molecule has 0 aromatic heterocycles. The first-order valence-electron chi connectivity index (χ1n) is 6.24. The first-order chi connectivity index (χ1) is 8.56. The summed E-state index contributed by atoms with van der Waals surface area (Å²) in [6.07, 6.45) is 3.59. The van der Waals surface area contributed by atoms with Gasteiger partial charge in [-0.2, -0.15) is 0 Å². The Morgan fingerprint density at radius 1 is 1.44 bits per heavy atom. The minimum absolute atomic E-state index is 0.0341. The fraction of sp³-hybridized carbons (Fsp3) is 0.500. The average Bonchev–Trinajstić information content (AvgIpc) is 2.75. The van der Waals surface area contributed by atoms with E-state index in [-0.39, 0.29) is 5.91 Å². The Morgan fingerprint density at radius 3 is 2.89 bits per heavy atom. The molecule has 0 heterocycles. The van der Waals surface area contributed by atoms with E-state index in [2.05, 4.69) is 37.2 Å². The largest absolute Gasteiger partial charge is 0.352 e. The van der Waals surface area contributed by atoms with Crippen molar-refractivity contribution in [2.75, 3.05) is 6.54 Å². The van der Waals surface area contributed by atoms with E-state index in [9.17, 15) is 4.79 Å². The van der Waals surface area contributed by atoms with Gasteiger partial charge in [-0.1, -0.05) is 37.9 Å². The summed E-state index contributed by atoms with van der Waals surface area (Å²) in [6.45, 7) is 2.75. The van der Waals surface area contributed by atoms with Crippen molar-refractivity contribution in [1.82, 2.24) is 5.32 Å². The summed E-state index contributed by atoms with van der Waals surface area (Å²) in [4.78, 5) is 12.7. The van der Waals surface area contributed by atoms with Gasteiger partial charge in [0.2, 0.25) is 0 Å². The number of rotatable bonds is 3. The molecule has 0 spiro atoms. The molecule has 2 nitrogen and oxygen atoms in total. The lowest BCUT2D eigenvalue weighted by atomic mass is 10.1. The Balaban J connectivity index is 1.93. The number of carbonyl (C=O) groups excluding carboxylic acids is 1. The van der Waals surface area contributed by atoms with Crippen LogP contribution in [0.5, 0.6) is 0 Å². The molecule has 2 atom stereocenters. The predicted octanol–water partition coefficient (Wildman–Crippen LogP) is 4.05. The molecule has 1 aromatic rings. The zero-order chi connectivity index (χ0) is 13.1. The normalized spacial score (nSPS) is 23.1. The van der Waals surface area contributed by atoms with E-state index in [4.69, 9.17) is 0 Å². The van der Waals surface area contributed by atoms with Crippen molar-refractivity contribution in [3.8, 4) is 0 Å². The Morgan fingerprint density at radius 2 is 2.22 bits per heavy atom. The van der Waals surface area contributed by atoms with Gasteiger partial charge >= 0.3 is 0 Å². The Kier molecular flexibility index (Phi) is 4.84. The molecule has 1 N–H and O–H groups in total. The molecule has 1 amide bonds. The molecule has 4 heteroatoms. The van der Waals surface area contributed by atoms with Crippen LogP contribution in [-0.2, 0) is 0 Å². The fourth-order valence-electron chi connectivity index (χ4n) is 2.37. The zero-order valence-electron chi connectivity index (χ0n) is 10.4. The van der Waals surface area contributed by atoms with E-state index in [1.165, 1.54) is 12.8 Å². The summed E-state index contributed by atoms with van der Waals surface area (Å²) in [5, 5.41) is 3.05. The lowest BCUT2D eigenvalue weighted by molar-refractivity contribution is 0.0946. The highest BCUT2D eigenvalue weighted by Crippen LogP contribution is 2.30. The average molecular weight is 375 g/mol. The summed E-state index contributed by atoms with van der Waals surface area (Å²) in [6, 6.07) is 5.80. The van der Waals surface area contributed by atoms with E-state index in [0.717, 1.165) is 28.6 Å². The van der Waals surface area contributed by atoms with Gasteiger partial charge < -0.3 is 5.32 Å². The van der Waals surface area contributed by atoms with Gasteiger partial charge in [0.15, 0.2) is 0 Å². The van der Waals surface area contributed by atoms with E-state index in [1.54, 1.807) is 0 Å². The standard InChI is InChI=1S/C14H17Br2NO/c1-9-2-4-12(16)7-13(9)14(18)17-8-10-3-5-11(15)6-10/h2,4,7,10-11H,3,5-6,8H2,1H3,(H,17,18). The minimum Gasteiger partial charge on any atom is -0.352 e. The van der Waals surface area contributed by atoms with E-state index in [0.29, 0.717) is 10.7 Å². The number of hydrogen-bond donors (Lipinski definition) is 1. The van der Waals surface area contributed by atoms with Crippen LogP contribution in [0.15, 0.2) is 22.7 Å². The summed E-state index contributed by atoms with van der Waals surface area (Å²) in [5.41, 5.74) is 1.78. The van der Waals surface area contributed by atoms with Crippen LogP contribution in [0.4, 0.5) is 0 Å². The SMILES string of the molecule is Cc1ccc(Br)cc1C(=O)NCC1CCC(Br)C1. The molecule has 2 rings (SSSR count). The molecule has 18 heavy (non-hydrogen) atoms. The number of benzene rings is 1. The van der Waals surface area contributed by atoms with Crippen molar-refractivity contribution in [2.24, 2.45) is 5.92 Å². The van der Waals surface area contributed by atoms with Gasteiger partial charge in [0.25, 0.3) is 5.91 Å². The monoisotopic (exact) mass is 373 g/mol. The molecule has 98 valence electrons. The van der Waals surface area contributed by atoms with Crippen LogP contribution in [0.25, 0.3) is 0 Å². The van der Waals surface area contributed by atoms with Crippen LogP contribution in [0.3, 0.4) is 0 Å². The molecule has 1 aliphatic carbocycles. The van der Waals surface area contributed by atoms with Crippen LogP contribution in [0.1, 0.15) is 35.2 Å². The van der Waals surface area contributed by atoms with Crippen molar-refractivity contribution in [3.63, 3.8) is 0 Å². The number of halogens is 2. The molecule has 0 bridgehead atoms. The van der Waals surface area contributed by atoms with Gasteiger partial charge in [-0.05, 0) is 49.8 Å². The number of nitrogens with one attached hydrogen (secondary N) is 1. The number of amides is 1. The zero-order valence-corrected chi connectivity index (χ0v) is 13.6. The van der Waals surface area contributed by atoms with Gasteiger partial charge in [0.1, 0.15) is 0 Å². The van der Waals surface area contributed by atoms with Crippen molar-refractivity contribution in [3.05, 3.63) is 33.8 Å². The molecule has 1 saturated carbocycles. The number of alkyl halides is 1. The third-order valence-corrected chi connectivity index (χ3v) is 4.80. The van der Waals surface area contributed by atoms with Crippen molar-refractivity contribution >= 4 is 37.8 Å². The van der Waals surface area contributed by atoms with Crippen LogP contribution in [0, 0.1) is 12.8 Å². The molecule has 1 aromatic carbocycles. The van der Waals surface area contributed by atoms with Gasteiger partial charge in [0, 0.05) is 21.4 Å². The predicted molar refractivity (Wildman–Crippen MR) is 81.3 cm³/mol. The second kappa shape index (κ2) is 6.20. The minimum atomic E-state index is 0.0341. The lowest BCUT2D eigenvalue weighted by Gasteiger charge is -2.12. The molecule has 1 aliphatic rings. The van der Waals surface area contributed by atoms with Gasteiger partial charge in [-0.25, -0.2) is 0 Å². The maximum Gasteiger partial charge on any atom is 0.251 e. The van der Waals surface area contributed by atoms with Crippen LogP contribution < -0.4 is 5.32 Å². The number of carbonyl (C=O) groups is 1. The Labute approximate surface area is 125 Å². The topological polar surface area (TPSA) is 29.1 Å². The third kappa shape index (κ3) is 3.58. The second-order valence-corrected chi connectivity index (χ2v) is 7.16. The molecular weight excluding hydrogens is 358 g/mol. The molecule has 0 saturated heterocycles. The maximum atomic E-state index is 12.1. The van der Waals surface area contributed by atoms with Gasteiger partial charge in [-0.3, -0.25) is 4.79 Å². The van der Waals surface area contributed by atoms with Crippen molar-refractivity contribution < 1.29 is 4.79 Å². The molecule has 0 radical (unpaired) electrons. The third-order valence-electron chi connectivity index (χ3n) is 3.47. The van der Waals surface area contributed by atoms with Crippen LogP contribution in [-0.4, -0.2) is 17.3 Å². The fourth-order valence-corrected chi connectivity index (χ4v) is 3.52. The highest BCUT2D eigenvalue weighted by atomic mass is 79.9. The molecular formula is C14H17Br2NO. The van der Waals surface area contributed by atoms with Crippen LogP contribution >= 0.6 is 31.9 Å². The summed E-state index contributed by atoms with van der Waals surface area (Å²) < 4.78 is 0.944. The van der Waals surface area contributed by atoms with E-state index in [1.807, 2.05) is 25.1 Å². The lowest BCUT2D eigenvalue weighted by Crippen LogP contribution is -2.29. The first-order valence-corrected chi connectivity index (χ1v) is 7.95.